The molecule has 0 aliphatic rings. The maximum Gasteiger partial charge on any atom is 0.416 e. The van der Waals surface area contributed by atoms with E-state index in [4.69, 9.17) is 4.74 Å². The van der Waals surface area contributed by atoms with Gasteiger partial charge in [-0.25, -0.2) is 0 Å². The average molecular weight is 441 g/mol. The van der Waals surface area contributed by atoms with Crippen LogP contribution in [0.15, 0.2) is 72.9 Å². The second kappa shape index (κ2) is 9.78. The molecule has 0 saturated carbocycles. The van der Waals surface area contributed by atoms with E-state index in [0.29, 0.717) is 17.2 Å². The molecular weight excluding hydrogens is 423 g/mol. The van der Waals surface area contributed by atoms with Crippen LogP contribution in [-0.4, -0.2) is 23.8 Å². The first-order valence-electron chi connectivity index (χ1n) is 9.37. The number of ether oxygens (including phenoxy) is 1. The predicted molar refractivity (Wildman–Crippen MR) is 113 cm³/mol. The molecule has 9 heteroatoms. The van der Waals surface area contributed by atoms with E-state index >= 15 is 0 Å². The van der Waals surface area contributed by atoms with Crippen LogP contribution in [0.1, 0.15) is 21.6 Å². The second-order valence-corrected chi connectivity index (χ2v) is 6.49. The molecule has 1 aromatic heterocycles. The maximum absolute atomic E-state index is 13.0. The van der Waals surface area contributed by atoms with E-state index in [9.17, 15) is 22.8 Å². The van der Waals surface area contributed by atoms with Crippen LogP contribution in [-0.2, 0) is 11.0 Å². The van der Waals surface area contributed by atoms with E-state index in [1.54, 1.807) is 30.3 Å². The minimum absolute atomic E-state index is 0.104. The molecule has 2 N–H and O–H groups in total. The molecule has 0 spiro atoms. The second-order valence-electron chi connectivity index (χ2n) is 6.49. The Hall–Kier alpha value is -4.14. The highest BCUT2D eigenvalue weighted by atomic mass is 19.4. The zero-order valence-electron chi connectivity index (χ0n) is 16.8. The normalized spacial score (nSPS) is 11.2. The summed E-state index contributed by atoms with van der Waals surface area (Å²) in [5, 5.41) is 5.04. The first-order valence-corrected chi connectivity index (χ1v) is 9.37. The lowest BCUT2D eigenvalue weighted by Gasteiger charge is -2.10. The van der Waals surface area contributed by atoms with Gasteiger partial charge in [-0.3, -0.25) is 14.6 Å². The third-order valence-corrected chi connectivity index (χ3v) is 4.23. The fraction of sp³-hybridized carbons (Fsp3) is 0.0870. The molecule has 0 unspecified atom stereocenters. The van der Waals surface area contributed by atoms with E-state index < -0.39 is 17.6 Å². The molecule has 0 aliphatic heterocycles. The molecule has 3 aromatic rings. The van der Waals surface area contributed by atoms with Crippen molar-refractivity contribution >= 4 is 23.6 Å². The highest BCUT2D eigenvalue weighted by Gasteiger charge is 2.32. The van der Waals surface area contributed by atoms with Crippen molar-refractivity contribution in [2.45, 2.75) is 6.18 Å². The number of anilines is 1. The van der Waals surface area contributed by atoms with Gasteiger partial charge in [-0.2, -0.15) is 13.2 Å². The molecule has 0 bridgehead atoms. The summed E-state index contributed by atoms with van der Waals surface area (Å²) in [5.74, 6) is -0.0761. The number of hydrogen-bond acceptors (Lipinski definition) is 4. The Balaban J connectivity index is 1.63. The van der Waals surface area contributed by atoms with Gasteiger partial charge in [-0.1, -0.05) is 18.2 Å². The Kier molecular flexibility index (Phi) is 6.89. The van der Waals surface area contributed by atoms with Gasteiger partial charge in [0.15, 0.2) is 0 Å². The maximum atomic E-state index is 13.0. The van der Waals surface area contributed by atoms with Crippen LogP contribution in [0.25, 0.3) is 6.08 Å². The van der Waals surface area contributed by atoms with Crippen molar-refractivity contribution in [2.75, 3.05) is 12.4 Å². The summed E-state index contributed by atoms with van der Waals surface area (Å²) in [4.78, 5) is 27.7. The van der Waals surface area contributed by atoms with Gasteiger partial charge >= 0.3 is 6.18 Å². The van der Waals surface area contributed by atoms with Gasteiger partial charge in [0, 0.05) is 31.1 Å². The van der Waals surface area contributed by atoms with Crippen molar-refractivity contribution in [1.29, 1.82) is 0 Å². The first-order chi connectivity index (χ1) is 15.3. The number of pyridine rings is 1. The van der Waals surface area contributed by atoms with E-state index in [2.05, 4.69) is 15.6 Å². The predicted octanol–water partition coefficient (Wildman–Crippen LogP) is 4.90. The summed E-state index contributed by atoms with van der Waals surface area (Å²) in [5.41, 5.74) is -0.293. The van der Waals surface area contributed by atoms with E-state index in [1.165, 1.54) is 37.5 Å². The van der Waals surface area contributed by atoms with E-state index in [0.717, 1.165) is 18.2 Å². The number of amides is 2. The van der Waals surface area contributed by atoms with Gasteiger partial charge in [0.1, 0.15) is 17.2 Å². The van der Waals surface area contributed by atoms with Crippen LogP contribution in [0.3, 0.4) is 0 Å². The van der Waals surface area contributed by atoms with Crippen molar-refractivity contribution in [2.24, 2.45) is 0 Å². The van der Waals surface area contributed by atoms with Crippen LogP contribution in [0, 0.1) is 0 Å². The van der Waals surface area contributed by atoms with E-state index in [1.807, 2.05) is 0 Å². The molecule has 32 heavy (non-hydrogen) atoms. The van der Waals surface area contributed by atoms with E-state index in [-0.39, 0.29) is 17.2 Å². The van der Waals surface area contributed by atoms with Gasteiger partial charge in [0.05, 0.1) is 5.56 Å². The molecule has 0 atom stereocenters. The highest BCUT2D eigenvalue weighted by molar-refractivity contribution is 6.02. The smallest absolute Gasteiger partial charge is 0.416 e. The zero-order valence-corrected chi connectivity index (χ0v) is 16.8. The first kappa shape index (κ1) is 22.5. The molecule has 1 heterocycles. The number of carbonyl (C=O) groups is 2. The number of alkyl halides is 3. The van der Waals surface area contributed by atoms with Gasteiger partial charge in [-0.15, -0.1) is 0 Å². The van der Waals surface area contributed by atoms with Gasteiger partial charge in [-0.05, 0) is 48.0 Å². The Morgan fingerprint density at radius 3 is 2.41 bits per heavy atom. The SMILES string of the molecule is CNC(=O)c1cc(Oc2ccc(NC(=O)/C=C/c3ccccc3C(F)(F)F)cc2)ccn1. The molecule has 3 rings (SSSR count). The van der Waals surface area contributed by atoms with Crippen molar-refractivity contribution in [3.05, 3.63) is 89.8 Å². The standard InChI is InChI=1S/C23H18F3N3O3/c1-27-22(31)20-14-18(12-13-28-20)32-17-9-7-16(8-10-17)29-21(30)11-6-15-4-2-3-5-19(15)23(24,25)26/h2-14H,1H3,(H,27,31)(H,29,30)/b11-6+. The number of carbonyl (C=O) groups excluding carboxylic acids is 2. The van der Waals surface area contributed by atoms with Crippen LogP contribution in [0.5, 0.6) is 11.5 Å². The van der Waals surface area contributed by atoms with Gasteiger partial charge < -0.3 is 15.4 Å². The lowest BCUT2D eigenvalue weighted by molar-refractivity contribution is -0.137. The van der Waals surface area contributed by atoms with Crippen LogP contribution >= 0.6 is 0 Å². The molecule has 2 aromatic carbocycles. The van der Waals surface area contributed by atoms with Gasteiger partial charge in [0.25, 0.3) is 5.91 Å². The third kappa shape index (κ3) is 5.94. The molecule has 6 nitrogen and oxygen atoms in total. The quantitative estimate of drug-likeness (QED) is 0.533. The number of hydrogen-bond donors (Lipinski definition) is 2. The summed E-state index contributed by atoms with van der Waals surface area (Å²) in [6.45, 7) is 0. The van der Waals surface area contributed by atoms with Gasteiger partial charge in [0.2, 0.25) is 5.91 Å². The number of aromatic nitrogens is 1. The Morgan fingerprint density at radius 2 is 1.72 bits per heavy atom. The van der Waals surface area contributed by atoms with Crippen LogP contribution in [0.2, 0.25) is 0 Å². The number of nitrogens with zero attached hydrogens (tertiary/aromatic N) is 1. The molecule has 0 fully saturated rings. The summed E-state index contributed by atoms with van der Waals surface area (Å²) < 4.78 is 44.7. The average Bonchev–Trinajstić information content (AvgIpc) is 2.78. The Labute approximate surface area is 181 Å². The third-order valence-electron chi connectivity index (χ3n) is 4.23. The lowest BCUT2D eigenvalue weighted by Crippen LogP contribution is -2.18. The van der Waals surface area contributed by atoms with Crippen molar-refractivity contribution < 1.29 is 27.5 Å². The number of rotatable bonds is 6. The molecule has 2 amide bonds. The lowest BCUT2D eigenvalue weighted by atomic mass is 10.1. The summed E-state index contributed by atoms with van der Waals surface area (Å²) >= 11 is 0. The molecule has 0 saturated heterocycles. The summed E-state index contributed by atoms with van der Waals surface area (Å²) in [7, 11) is 1.49. The number of halogens is 3. The topological polar surface area (TPSA) is 80.3 Å². The van der Waals surface area contributed by atoms with Crippen molar-refractivity contribution in [3.63, 3.8) is 0 Å². The van der Waals surface area contributed by atoms with Crippen molar-refractivity contribution in [1.82, 2.24) is 10.3 Å². The number of benzene rings is 2. The minimum atomic E-state index is -4.51. The largest absolute Gasteiger partial charge is 0.457 e. The highest BCUT2D eigenvalue weighted by Crippen LogP contribution is 2.32. The fourth-order valence-electron chi connectivity index (χ4n) is 2.72. The fourth-order valence-corrected chi connectivity index (χ4v) is 2.72. The molecular formula is C23H18F3N3O3. The van der Waals surface area contributed by atoms with Crippen LogP contribution in [0.4, 0.5) is 18.9 Å². The zero-order chi connectivity index (χ0) is 23.1. The Morgan fingerprint density at radius 1 is 1.00 bits per heavy atom. The molecule has 0 aliphatic carbocycles. The summed E-state index contributed by atoms with van der Waals surface area (Å²) in [6.07, 6.45) is -0.920. The molecule has 164 valence electrons. The molecule has 0 radical (unpaired) electrons. The number of nitrogens with one attached hydrogen (secondary N) is 2. The summed E-state index contributed by atoms with van der Waals surface area (Å²) in [6, 6.07) is 14.4. The van der Waals surface area contributed by atoms with Crippen LogP contribution < -0.4 is 15.4 Å². The van der Waals surface area contributed by atoms with Crippen molar-refractivity contribution in [3.8, 4) is 11.5 Å². The Bertz CT molecular complexity index is 1140. The minimum Gasteiger partial charge on any atom is -0.457 e. The monoisotopic (exact) mass is 441 g/mol.